The van der Waals surface area contributed by atoms with Crippen LogP contribution < -0.4 is 21.3 Å². The van der Waals surface area contributed by atoms with Crippen LogP contribution in [0.3, 0.4) is 0 Å². The largest absolute Gasteiger partial charge is 0.326 e. The summed E-state index contributed by atoms with van der Waals surface area (Å²) < 4.78 is 0. The fourth-order valence-corrected chi connectivity index (χ4v) is 2.21. The summed E-state index contributed by atoms with van der Waals surface area (Å²) in [5, 5.41) is 0.339. The summed E-state index contributed by atoms with van der Waals surface area (Å²) in [5.41, 5.74) is 4.17. The molecule has 1 N–H and O–H groups in total. The molecule has 0 unspecified atom stereocenters. The maximum absolute atomic E-state index is 11.9. The number of benzene rings is 1. The van der Waals surface area contributed by atoms with Crippen LogP contribution in [0, 0.1) is 13.8 Å². The summed E-state index contributed by atoms with van der Waals surface area (Å²) in [6, 6.07) is 4.05. The van der Waals surface area contributed by atoms with Gasteiger partial charge in [-0.05, 0) is 37.1 Å². The second-order valence-corrected chi connectivity index (χ2v) is 4.78. The Morgan fingerprint density at radius 3 is 2.68 bits per heavy atom. The Labute approximate surface area is 110 Å². The topological polar surface area (TPSA) is 61.4 Å². The van der Waals surface area contributed by atoms with Gasteiger partial charge in [-0.1, -0.05) is 6.58 Å². The number of fused-ring (bicyclic) bond motifs is 2. The van der Waals surface area contributed by atoms with Gasteiger partial charge in [0.25, 0.3) is 5.56 Å². The second-order valence-electron chi connectivity index (χ2n) is 4.78. The van der Waals surface area contributed by atoms with Gasteiger partial charge in [-0.25, -0.2) is 9.98 Å². The smallest absolute Gasteiger partial charge is 0.279 e. The van der Waals surface area contributed by atoms with Gasteiger partial charge in [0.05, 0.1) is 11.4 Å². The van der Waals surface area contributed by atoms with E-state index in [9.17, 15) is 4.79 Å². The van der Waals surface area contributed by atoms with Crippen LogP contribution in [-0.4, -0.2) is 17.0 Å². The average Bonchev–Trinajstić information content (AvgIpc) is 2.34. The van der Waals surface area contributed by atoms with Crippen molar-refractivity contribution in [1.82, 2.24) is 9.97 Å². The third-order valence-corrected chi connectivity index (χ3v) is 3.43. The highest BCUT2D eigenvalue weighted by atomic mass is 16.1. The third-order valence-electron chi connectivity index (χ3n) is 3.43. The van der Waals surface area contributed by atoms with Crippen LogP contribution >= 0.6 is 0 Å². The van der Waals surface area contributed by atoms with E-state index in [4.69, 9.17) is 0 Å². The zero-order chi connectivity index (χ0) is 13.7. The SMILES string of the molecule is C=c1nc2c(c(=O)[nH]1)=Nc1cc(C)c(C)cc1N2C. The number of aromatic nitrogens is 2. The number of hydrogen-bond acceptors (Lipinski definition) is 4. The maximum atomic E-state index is 11.9. The van der Waals surface area contributed by atoms with Gasteiger partial charge < -0.3 is 9.88 Å². The van der Waals surface area contributed by atoms with E-state index in [1.165, 1.54) is 5.56 Å². The van der Waals surface area contributed by atoms with Gasteiger partial charge >= 0.3 is 0 Å². The highest BCUT2D eigenvalue weighted by Crippen LogP contribution is 2.35. The Morgan fingerprint density at radius 2 is 1.95 bits per heavy atom. The number of nitrogens with one attached hydrogen (secondary N) is 1. The molecule has 5 nitrogen and oxygen atoms in total. The van der Waals surface area contributed by atoms with Crippen LogP contribution in [0.2, 0.25) is 0 Å². The summed E-state index contributed by atoms with van der Waals surface area (Å²) in [7, 11) is 1.88. The highest BCUT2D eigenvalue weighted by Gasteiger charge is 2.19. The van der Waals surface area contributed by atoms with Crippen LogP contribution in [0.4, 0.5) is 17.2 Å². The van der Waals surface area contributed by atoms with Crippen molar-refractivity contribution in [3.05, 3.63) is 44.5 Å². The molecule has 0 fully saturated rings. The van der Waals surface area contributed by atoms with Gasteiger partial charge in [-0.3, -0.25) is 4.79 Å². The van der Waals surface area contributed by atoms with Gasteiger partial charge in [-0.15, -0.1) is 0 Å². The molecule has 1 aromatic carbocycles. The normalized spacial score (nSPS) is 12.7. The second kappa shape index (κ2) is 3.78. The van der Waals surface area contributed by atoms with E-state index in [1.807, 2.05) is 24.9 Å². The number of nitrogens with zero attached hydrogens (tertiary/aromatic N) is 3. The van der Waals surface area contributed by atoms with Crippen molar-refractivity contribution < 1.29 is 0 Å². The first-order valence-corrected chi connectivity index (χ1v) is 6.00. The highest BCUT2D eigenvalue weighted by molar-refractivity contribution is 5.76. The van der Waals surface area contributed by atoms with Crippen molar-refractivity contribution in [1.29, 1.82) is 0 Å². The first kappa shape index (κ1) is 11.6. The number of rotatable bonds is 0. The first-order chi connectivity index (χ1) is 8.97. The minimum Gasteiger partial charge on any atom is -0.326 e. The zero-order valence-electron chi connectivity index (χ0n) is 11.1. The molecule has 0 bridgehead atoms. The summed E-state index contributed by atoms with van der Waals surface area (Å²) in [6.45, 7) is 7.76. The van der Waals surface area contributed by atoms with E-state index in [-0.39, 0.29) is 5.56 Å². The Balaban J connectivity index is 2.44. The zero-order valence-corrected chi connectivity index (χ0v) is 11.1. The van der Waals surface area contributed by atoms with E-state index in [0.29, 0.717) is 16.7 Å². The number of aryl methyl sites for hydroxylation is 2. The minimum absolute atomic E-state index is 0.259. The van der Waals surface area contributed by atoms with Crippen molar-refractivity contribution in [2.24, 2.45) is 4.99 Å². The lowest BCUT2D eigenvalue weighted by Crippen LogP contribution is -2.41. The number of H-pyrrole nitrogens is 1. The van der Waals surface area contributed by atoms with Crippen molar-refractivity contribution in [3.63, 3.8) is 0 Å². The van der Waals surface area contributed by atoms with Crippen LogP contribution in [0.1, 0.15) is 11.1 Å². The Bertz CT molecular complexity index is 851. The fraction of sp³-hybridized carbons (Fsp3) is 0.214. The molecule has 3 rings (SSSR count). The van der Waals surface area contributed by atoms with Crippen molar-refractivity contribution in [2.45, 2.75) is 13.8 Å². The number of anilines is 2. The molecule has 0 amide bonds. The van der Waals surface area contributed by atoms with Crippen LogP contribution in [-0.2, 0) is 0 Å². The standard InChI is InChI=1S/C14H14N4O/c1-7-5-10-11(6-8(7)2)18(4)13-12(17-10)14(19)16-9(3)15-13/h5-6H,3H2,1-2,4H3,(H,16,19). The molecule has 2 heterocycles. The molecule has 0 spiro atoms. The third kappa shape index (κ3) is 1.66. The van der Waals surface area contributed by atoms with E-state index >= 15 is 0 Å². The van der Waals surface area contributed by atoms with Crippen LogP contribution in [0.25, 0.3) is 6.58 Å². The Kier molecular flexibility index (Phi) is 2.32. The molecule has 0 atom stereocenters. The van der Waals surface area contributed by atoms with Gasteiger partial charge in [0.1, 0.15) is 5.48 Å². The lowest BCUT2D eigenvalue weighted by atomic mass is 10.1. The molecule has 96 valence electrons. The first-order valence-electron chi connectivity index (χ1n) is 6.00. The van der Waals surface area contributed by atoms with Crippen LogP contribution in [0.15, 0.2) is 21.9 Å². The molecular weight excluding hydrogens is 240 g/mol. The lowest BCUT2D eigenvalue weighted by molar-refractivity contribution is 0.952. The molecule has 5 heteroatoms. The molecule has 2 aromatic rings. The van der Waals surface area contributed by atoms with Gasteiger partial charge in [-0.2, -0.15) is 0 Å². The summed E-state index contributed by atoms with van der Waals surface area (Å²) in [4.78, 5) is 25.1. The molecule has 1 aliphatic rings. The van der Waals surface area contributed by atoms with E-state index in [0.717, 1.165) is 16.9 Å². The average molecular weight is 254 g/mol. The number of hydrogen-bond donors (Lipinski definition) is 1. The predicted molar refractivity (Wildman–Crippen MR) is 74.8 cm³/mol. The molecule has 0 saturated carbocycles. The van der Waals surface area contributed by atoms with E-state index < -0.39 is 0 Å². The van der Waals surface area contributed by atoms with E-state index in [1.54, 1.807) is 0 Å². The molecule has 1 aromatic heterocycles. The summed E-state index contributed by atoms with van der Waals surface area (Å²) >= 11 is 0. The molecule has 0 saturated heterocycles. The monoisotopic (exact) mass is 254 g/mol. The van der Waals surface area contributed by atoms with Crippen molar-refractivity contribution in [3.8, 4) is 0 Å². The van der Waals surface area contributed by atoms with E-state index in [2.05, 4.69) is 34.5 Å². The van der Waals surface area contributed by atoms with Crippen molar-refractivity contribution in [2.75, 3.05) is 11.9 Å². The van der Waals surface area contributed by atoms with Gasteiger partial charge in [0, 0.05) is 7.05 Å². The van der Waals surface area contributed by atoms with Crippen molar-refractivity contribution >= 4 is 23.8 Å². The van der Waals surface area contributed by atoms with Gasteiger partial charge in [0.2, 0.25) is 0 Å². The molecule has 0 radical (unpaired) electrons. The Morgan fingerprint density at radius 1 is 1.26 bits per heavy atom. The van der Waals surface area contributed by atoms with Crippen LogP contribution in [0.5, 0.6) is 0 Å². The quantitative estimate of drug-likeness (QED) is 0.757. The lowest BCUT2D eigenvalue weighted by Gasteiger charge is -2.24. The summed E-state index contributed by atoms with van der Waals surface area (Å²) in [5.74, 6) is 0.546. The van der Waals surface area contributed by atoms with Gasteiger partial charge in [0.15, 0.2) is 11.2 Å². The maximum Gasteiger partial charge on any atom is 0.279 e. The fourth-order valence-electron chi connectivity index (χ4n) is 2.21. The number of aromatic amines is 1. The molecule has 1 aliphatic heterocycles. The molecule has 19 heavy (non-hydrogen) atoms. The summed E-state index contributed by atoms with van der Waals surface area (Å²) in [6.07, 6.45) is 0. The molecule has 0 aliphatic carbocycles. The molecular formula is C14H14N4O. The predicted octanol–water partition coefficient (Wildman–Crippen LogP) is 0.830. The minimum atomic E-state index is -0.259. The Hall–Kier alpha value is -2.43.